The first-order valence-corrected chi connectivity index (χ1v) is 7.78. The van der Waals surface area contributed by atoms with Crippen molar-refractivity contribution in [3.63, 3.8) is 0 Å². The number of esters is 1. The molecule has 1 aliphatic rings. The van der Waals surface area contributed by atoms with Gasteiger partial charge in [-0.1, -0.05) is 0 Å². The van der Waals surface area contributed by atoms with Crippen molar-refractivity contribution >= 4 is 23.6 Å². The predicted octanol–water partition coefficient (Wildman–Crippen LogP) is 0.882. The Labute approximate surface area is 119 Å². The molecule has 0 radical (unpaired) electrons. The summed E-state index contributed by atoms with van der Waals surface area (Å²) in [7, 11) is 1.34. The first-order chi connectivity index (χ1) is 9.04. The van der Waals surface area contributed by atoms with Crippen molar-refractivity contribution in [2.75, 3.05) is 32.5 Å². The van der Waals surface area contributed by atoms with Crippen molar-refractivity contribution in [2.45, 2.75) is 38.0 Å². The van der Waals surface area contributed by atoms with Gasteiger partial charge in [0.25, 0.3) is 0 Å². The lowest BCUT2D eigenvalue weighted by Crippen LogP contribution is -2.42. The van der Waals surface area contributed by atoms with Crippen molar-refractivity contribution in [1.29, 1.82) is 0 Å². The zero-order valence-electron chi connectivity index (χ0n) is 12.0. The molecule has 1 heterocycles. The molecule has 0 aromatic heterocycles. The summed E-state index contributed by atoms with van der Waals surface area (Å²) in [5.41, 5.74) is 0. The number of methoxy groups -OCH3 is 1. The Morgan fingerprint density at radius 2 is 2.00 bits per heavy atom. The topological polar surface area (TPSA) is 58.6 Å². The van der Waals surface area contributed by atoms with Crippen LogP contribution in [0.15, 0.2) is 0 Å². The molecule has 110 valence electrons. The number of rotatable bonds is 6. The highest BCUT2D eigenvalue weighted by atomic mass is 32.2. The first-order valence-electron chi connectivity index (χ1n) is 6.73. The largest absolute Gasteiger partial charge is 0.468 e. The highest BCUT2D eigenvalue weighted by Crippen LogP contribution is 2.20. The molecule has 0 unspecified atom stereocenters. The number of carbonyl (C=O) groups excluding carboxylic acids is 2. The average molecular weight is 288 g/mol. The number of hydrogen-bond donors (Lipinski definition) is 1. The van der Waals surface area contributed by atoms with Crippen LogP contribution in [-0.4, -0.2) is 60.6 Å². The maximum absolute atomic E-state index is 12.2. The van der Waals surface area contributed by atoms with Gasteiger partial charge in [0.1, 0.15) is 6.54 Å². The van der Waals surface area contributed by atoms with Gasteiger partial charge in [-0.05, 0) is 39.8 Å². The van der Waals surface area contributed by atoms with Gasteiger partial charge in [-0.15, -0.1) is 11.8 Å². The number of hydrogen-bond acceptors (Lipinski definition) is 5. The molecule has 0 aromatic carbocycles. The first kappa shape index (κ1) is 16.3. The van der Waals surface area contributed by atoms with E-state index in [4.69, 9.17) is 0 Å². The quantitative estimate of drug-likeness (QED) is 0.735. The molecule has 5 nitrogen and oxygen atoms in total. The number of ether oxygens (including phenoxy) is 1. The molecular formula is C13H24N2O3S. The summed E-state index contributed by atoms with van der Waals surface area (Å²) in [4.78, 5) is 25.0. The third kappa shape index (κ3) is 5.82. The Morgan fingerprint density at radius 1 is 1.37 bits per heavy atom. The van der Waals surface area contributed by atoms with Crippen molar-refractivity contribution in [3.05, 3.63) is 0 Å². The summed E-state index contributed by atoms with van der Waals surface area (Å²) in [5.74, 6) is 0.0951. The standard InChI is InChI=1S/C13H24N2O3S/c1-10(2)15(8-13(17)18-3)12(16)9-19-11-4-6-14-7-5-11/h10-11,14H,4-9H2,1-3H3. The summed E-state index contributed by atoms with van der Waals surface area (Å²) in [6, 6.07) is 0.0141. The second-order valence-corrected chi connectivity index (χ2v) is 6.24. The Hall–Kier alpha value is -0.750. The highest BCUT2D eigenvalue weighted by molar-refractivity contribution is 8.00. The molecule has 0 spiro atoms. The van der Waals surface area contributed by atoms with E-state index >= 15 is 0 Å². The molecule has 1 aliphatic heterocycles. The number of carbonyl (C=O) groups is 2. The van der Waals surface area contributed by atoms with Gasteiger partial charge in [0.2, 0.25) is 5.91 Å². The summed E-state index contributed by atoms with van der Waals surface area (Å²) < 4.78 is 4.63. The smallest absolute Gasteiger partial charge is 0.325 e. The van der Waals surface area contributed by atoms with Crippen molar-refractivity contribution in [3.8, 4) is 0 Å². The van der Waals surface area contributed by atoms with Crippen molar-refractivity contribution < 1.29 is 14.3 Å². The van der Waals surface area contributed by atoms with E-state index in [-0.39, 0.29) is 24.5 Å². The maximum atomic E-state index is 12.2. The van der Waals surface area contributed by atoms with Crippen LogP contribution in [0, 0.1) is 0 Å². The van der Waals surface area contributed by atoms with Crippen LogP contribution < -0.4 is 5.32 Å². The fourth-order valence-corrected chi connectivity index (χ4v) is 3.11. The van der Waals surface area contributed by atoms with Crippen LogP contribution in [0.3, 0.4) is 0 Å². The molecule has 1 N–H and O–H groups in total. The fraction of sp³-hybridized carbons (Fsp3) is 0.846. The molecule has 19 heavy (non-hydrogen) atoms. The average Bonchev–Trinajstić information content (AvgIpc) is 2.42. The van der Waals surface area contributed by atoms with E-state index in [1.807, 2.05) is 13.8 Å². The van der Waals surface area contributed by atoms with Gasteiger partial charge >= 0.3 is 5.97 Å². The van der Waals surface area contributed by atoms with Gasteiger partial charge in [0.15, 0.2) is 0 Å². The fourth-order valence-electron chi connectivity index (χ4n) is 2.00. The lowest BCUT2D eigenvalue weighted by Gasteiger charge is -2.27. The van der Waals surface area contributed by atoms with Crippen molar-refractivity contribution in [2.24, 2.45) is 0 Å². The Bertz CT molecular complexity index is 304. The lowest BCUT2D eigenvalue weighted by molar-refractivity contribution is -0.147. The van der Waals surface area contributed by atoms with Gasteiger partial charge < -0.3 is 15.0 Å². The maximum Gasteiger partial charge on any atom is 0.325 e. The summed E-state index contributed by atoms with van der Waals surface area (Å²) >= 11 is 1.70. The highest BCUT2D eigenvalue weighted by Gasteiger charge is 2.22. The van der Waals surface area contributed by atoms with Crippen LogP contribution in [0.5, 0.6) is 0 Å². The summed E-state index contributed by atoms with van der Waals surface area (Å²) in [6.45, 7) is 5.93. The molecule has 0 aliphatic carbocycles. The van der Waals surface area contributed by atoms with Gasteiger partial charge in [-0.2, -0.15) is 0 Å². The minimum atomic E-state index is -0.367. The lowest BCUT2D eigenvalue weighted by atomic mass is 10.2. The van der Waals surface area contributed by atoms with E-state index in [2.05, 4.69) is 10.1 Å². The zero-order chi connectivity index (χ0) is 14.3. The Balaban J connectivity index is 2.40. The number of amides is 1. The minimum Gasteiger partial charge on any atom is -0.468 e. The molecule has 0 saturated carbocycles. The van der Waals surface area contributed by atoms with Crippen molar-refractivity contribution in [1.82, 2.24) is 10.2 Å². The van der Waals surface area contributed by atoms with Crippen LogP contribution in [0.1, 0.15) is 26.7 Å². The molecule has 0 aromatic rings. The molecule has 1 amide bonds. The van der Waals surface area contributed by atoms with Crippen LogP contribution in [-0.2, 0) is 14.3 Å². The van der Waals surface area contributed by atoms with Crippen LogP contribution in [0.25, 0.3) is 0 Å². The van der Waals surface area contributed by atoms with E-state index in [1.54, 1.807) is 16.7 Å². The van der Waals surface area contributed by atoms with Gasteiger partial charge in [0.05, 0.1) is 12.9 Å². The normalized spacial score (nSPS) is 16.4. The van der Waals surface area contributed by atoms with E-state index < -0.39 is 0 Å². The molecule has 1 fully saturated rings. The summed E-state index contributed by atoms with van der Waals surface area (Å²) in [5, 5.41) is 3.86. The Kier molecular flexibility index (Phi) is 7.23. The molecule has 0 bridgehead atoms. The third-order valence-electron chi connectivity index (χ3n) is 3.20. The van der Waals surface area contributed by atoms with Gasteiger partial charge in [0, 0.05) is 11.3 Å². The van der Waals surface area contributed by atoms with Gasteiger partial charge in [-0.3, -0.25) is 9.59 Å². The second kappa shape index (κ2) is 8.43. The van der Waals surface area contributed by atoms with E-state index in [9.17, 15) is 9.59 Å². The predicted molar refractivity (Wildman–Crippen MR) is 77.2 cm³/mol. The molecule has 1 rings (SSSR count). The molecule has 6 heteroatoms. The van der Waals surface area contributed by atoms with Gasteiger partial charge in [-0.25, -0.2) is 0 Å². The number of nitrogens with one attached hydrogen (secondary N) is 1. The summed E-state index contributed by atoms with van der Waals surface area (Å²) in [6.07, 6.45) is 2.22. The SMILES string of the molecule is COC(=O)CN(C(=O)CSC1CCNCC1)C(C)C. The van der Waals surface area contributed by atoms with E-state index in [1.165, 1.54) is 7.11 Å². The van der Waals surface area contributed by atoms with Crippen LogP contribution in [0.4, 0.5) is 0 Å². The monoisotopic (exact) mass is 288 g/mol. The van der Waals surface area contributed by atoms with E-state index in [0.717, 1.165) is 25.9 Å². The minimum absolute atomic E-state index is 0.0141. The zero-order valence-corrected chi connectivity index (χ0v) is 12.8. The number of piperidine rings is 1. The second-order valence-electron chi connectivity index (χ2n) is 4.95. The van der Waals surface area contributed by atoms with E-state index in [0.29, 0.717) is 11.0 Å². The number of thioether (sulfide) groups is 1. The molecular weight excluding hydrogens is 264 g/mol. The Morgan fingerprint density at radius 3 is 2.53 bits per heavy atom. The third-order valence-corrected chi connectivity index (χ3v) is 4.56. The van der Waals surface area contributed by atoms with Crippen LogP contribution >= 0.6 is 11.8 Å². The molecule has 0 atom stereocenters. The molecule has 1 saturated heterocycles. The van der Waals surface area contributed by atoms with Crippen LogP contribution in [0.2, 0.25) is 0 Å². The number of nitrogens with zero attached hydrogens (tertiary/aromatic N) is 1.